The summed E-state index contributed by atoms with van der Waals surface area (Å²) < 4.78 is 10.7. The highest BCUT2D eigenvalue weighted by atomic mass is 16.5. The van der Waals surface area contributed by atoms with E-state index in [9.17, 15) is 19.2 Å². The van der Waals surface area contributed by atoms with Crippen LogP contribution in [0.4, 0.5) is 0 Å². The van der Waals surface area contributed by atoms with Crippen LogP contribution < -0.4 is 10.6 Å². The van der Waals surface area contributed by atoms with Crippen LogP contribution in [0.5, 0.6) is 0 Å². The van der Waals surface area contributed by atoms with Crippen LogP contribution in [0.1, 0.15) is 32.6 Å². The molecule has 1 aliphatic rings. The molecule has 1 rings (SSSR count). The van der Waals surface area contributed by atoms with Gasteiger partial charge in [-0.1, -0.05) is 13.3 Å². The number of hydrogen-bond donors (Lipinski definition) is 2. The first-order valence-electron chi connectivity index (χ1n) is 9.27. The van der Waals surface area contributed by atoms with Crippen LogP contribution in [-0.2, 0) is 28.7 Å². The van der Waals surface area contributed by atoms with Gasteiger partial charge < -0.3 is 20.1 Å². The molecule has 27 heavy (non-hydrogen) atoms. The number of imide groups is 1. The number of nitrogens with zero attached hydrogens (tertiary/aromatic N) is 1. The molecule has 9 nitrogen and oxygen atoms in total. The van der Waals surface area contributed by atoms with Gasteiger partial charge in [0.25, 0.3) is 11.8 Å². The van der Waals surface area contributed by atoms with Crippen LogP contribution in [0.2, 0.25) is 0 Å². The van der Waals surface area contributed by atoms with E-state index in [4.69, 9.17) is 9.47 Å². The number of nitrogens with one attached hydrogen (secondary N) is 2. The summed E-state index contributed by atoms with van der Waals surface area (Å²) in [5, 5.41) is 5.43. The topological polar surface area (TPSA) is 114 Å². The average molecular weight is 383 g/mol. The van der Waals surface area contributed by atoms with E-state index in [-0.39, 0.29) is 24.8 Å². The Kier molecular flexibility index (Phi) is 11.7. The number of unbranched alkanes of at least 4 members (excludes halogenated alkanes) is 1. The number of amides is 4. The van der Waals surface area contributed by atoms with Crippen molar-refractivity contribution in [2.75, 3.05) is 46.1 Å². The lowest BCUT2D eigenvalue weighted by Gasteiger charge is -2.13. The van der Waals surface area contributed by atoms with Crippen LogP contribution >= 0.6 is 0 Å². The summed E-state index contributed by atoms with van der Waals surface area (Å²) in [4.78, 5) is 46.7. The van der Waals surface area contributed by atoms with E-state index >= 15 is 0 Å². The van der Waals surface area contributed by atoms with Crippen molar-refractivity contribution in [3.63, 3.8) is 0 Å². The number of ether oxygens (including phenoxy) is 2. The summed E-state index contributed by atoms with van der Waals surface area (Å²) in [5.41, 5.74) is 0. The maximum absolute atomic E-state index is 11.6. The van der Waals surface area contributed by atoms with Gasteiger partial charge in [0.05, 0.1) is 26.4 Å². The molecule has 0 aromatic heterocycles. The minimum absolute atomic E-state index is 0.0437. The van der Waals surface area contributed by atoms with Gasteiger partial charge >= 0.3 is 0 Å². The Morgan fingerprint density at radius 1 is 0.889 bits per heavy atom. The molecule has 0 saturated heterocycles. The van der Waals surface area contributed by atoms with Crippen molar-refractivity contribution in [1.82, 2.24) is 15.5 Å². The first-order chi connectivity index (χ1) is 13.0. The molecule has 152 valence electrons. The summed E-state index contributed by atoms with van der Waals surface area (Å²) in [6.07, 6.45) is 4.88. The lowest BCUT2D eigenvalue weighted by Crippen LogP contribution is -2.35. The zero-order valence-electron chi connectivity index (χ0n) is 15.8. The van der Waals surface area contributed by atoms with Gasteiger partial charge in [0.2, 0.25) is 11.8 Å². The van der Waals surface area contributed by atoms with E-state index in [0.29, 0.717) is 45.9 Å². The Balaban J connectivity index is 1.87. The van der Waals surface area contributed by atoms with Crippen molar-refractivity contribution in [3.05, 3.63) is 12.2 Å². The van der Waals surface area contributed by atoms with E-state index in [1.54, 1.807) is 0 Å². The van der Waals surface area contributed by atoms with Crippen LogP contribution in [0.25, 0.3) is 0 Å². The van der Waals surface area contributed by atoms with Crippen molar-refractivity contribution < 1.29 is 28.7 Å². The van der Waals surface area contributed by atoms with Crippen molar-refractivity contribution in [1.29, 1.82) is 0 Å². The van der Waals surface area contributed by atoms with Crippen molar-refractivity contribution in [2.24, 2.45) is 0 Å². The smallest absolute Gasteiger partial charge is 0.253 e. The second-order valence-corrected chi connectivity index (χ2v) is 5.94. The Morgan fingerprint density at radius 2 is 1.41 bits per heavy atom. The molecule has 4 amide bonds. The molecule has 0 saturated carbocycles. The molecule has 9 heteroatoms. The van der Waals surface area contributed by atoms with Gasteiger partial charge in [-0.15, -0.1) is 0 Å². The minimum Gasteiger partial charge on any atom is -0.377 e. The van der Waals surface area contributed by atoms with Gasteiger partial charge in [-0.25, -0.2) is 0 Å². The van der Waals surface area contributed by atoms with E-state index < -0.39 is 11.8 Å². The lowest BCUT2D eigenvalue weighted by molar-refractivity contribution is -0.137. The van der Waals surface area contributed by atoms with Crippen molar-refractivity contribution in [3.8, 4) is 0 Å². The quantitative estimate of drug-likeness (QED) is 0.298. The Morgan fingerprint density at radius 3 is 1.93 bits per heavy atom. The Labute approximate surface area is 159 Å². The lowest BCUT2D eigenvalue weighted by atomic mass is 10.2. The molecular formula is C18H29N3O6. The van der Waals surface area contributed by atoms with Gasteiger partial charge in [-0.05, 0) is 6.42 Å². The largest absolute Gasteiger partial charge is 0.377 e. The van der Waals surface area contributed by atoms with Crippen molar-refractivity contribution >= 4 is 23.6 Å². The highest BCUT2D eigenvalue weighted by Crippen LogP contribution is 2.03. The maximum atomic E-state index is 11.6. The highest BCUT2D eigenvalue weighted by molar-refractivity contribution is 6.13. The molecule has 2 N–H and O–H groups in total. The summed E-state index contributed by atoms with van der Waals surface area (Å²) in [5.74, 6) is -0.989. The number of carbonyl (C=O) groups excluding carboxylic acids is 4. The minimum atomic E-state index is -0.392. The van der Waals surface area contributed by atoms with Crippen LogP contribution in [0, 0.1) is 0 Å². The van der Waals surface area contributed by atoms with Crippen LogP contribution in [0.3, 0.4) is 0 Å². The third-order valence-corrected chi connectivity index (χ3v) is 3.73. The zero-order valence-corrected chi connectivity index (χ0v) is 15.8. The number of rotatable bonds is 15. The van der Waals surface area contributed by atoms with Crippen LogP contribution in [-0.4, -0.2) is 74.6 Å². The first-order valence-corrected chi connectivity index (χ1v) is 9.27. The molecule has 0 spiro atoms. The molecule has 0 aromatic rings. The summed E-state index contributed by atoms with van der Waals surface area (Å²) in [6.45, 7) is 4.50. The average Bonchev–Trinajstić information content (AvgIpc) is 2.97. The molecule has 0 aromatic carbocycles. The molecule has 0 radical (unpaired) electrons. The van der Waals surface area contributed by atoms with Crippen LogP contribution in [0.15, 0.2) is 12.2 Å². The SMILES string of the molecule is CCCCC(=O)NCCOCCOCCNC(=O)CCN1C(=O)C=CC1=O. The fourth-order valence-electron chi connectivity index (χ4n) is 2.23. The van der Waals surface area contributed by atoms with Gasteiger partial charge in [-0.2, -0.15) is 0 Å². The standard InChI is InChI=1S/C18H29N3O6/c1-2-3-4-15(22)19-8-11-26-13-14-27-12-9-20-16(23)7-10-21-17(24)5-6-18(21)25/h5-6H,2-4,7-14H2,1H3,(H,19,22)(H,20,23). The Bertz CT molecular complexity index is 517. The van der Waals surface area contributed by atoms with E-state index in [0.717, 1.165) is 17.7 Å². The molecule has 0 atom stereocenters. The maximum Gasteiger partial charge on any atom is 0.253 e. The third-order valence-electron chi connectivity index (χ3n) is 3.73. The molecule has 0 fully saturated rings. The monoisotopic (exact) mass is 383 g/mol. The predicted molar refractivity (Wildman–Crippen MR) is 97.7 cm³/mol. The first kappa shape index (κ1) is 22.8. The van der Waals surface area contributed by atoms with Gasteiger partial charge in [0, 0.05) is 44.6 Å². The van der Waals surface area contributed by atoms with Crippen molar-refractivity contribution in [2.45, 2.75) is 32.6 Å². The second-order valence-electron chi connectivity index (χ2n) is 5.94. The normalized spacial score (nSPS) is 13.3. The molecule has 0 aliphatic carbocycles. The summed E-state index contributed by atoms with van der Waals surface area (Å²) in [7, 11) is 0. The Hall–Kier alpha value is -2.26. The molecule has 0 unspecified atom stereocenters. The second kappa shape index (κ2) is 13.9. The molecule has 1 heterocycles. The fraction of sp³-hybridized carbons (Fsp3) is 0.667. The van der Waals surface area contributed by atoms with E-state index in [1.807, 2.05) is 6.92 Å². The van der Waals surface area contributed by atoms with Gasteiger partial charge in [0.1, 0.15) is 0 Å². The van der Waals surface area contributed by atoms with Gasteiger partial charge in [-0.3, -0.25) is 24.1 Å². The third kappa shape index (κ3) is 10.5. The van der Waals surface area contributed by atoms with E-state index in [2.05, 4.69) is 10.6 Å². The van der Waals surface area contributed by atoms with E-state index in [1.165, 1.54) is 12.2 Å². The fourth-order valence-corrected chi connectivity index (χ4v) is 2.23. The number of hydrogen-bond acceptors (Lipinski definition) is 6. The number of carbonyl (C=O) groups is 4. The zero-order chi connectivity index (χ0) is 19.9. The summed E-state index contributed by atoms with van der Waals surface area (Å²) in [6, 6.07) is 0. The summed E-state index contributed by atoms with van der Waals surface area (Å²) >= 11 is 0. The highest BCUT2D eigenvalue weighted by Gasteiger charge is 2.23. The molecule has 1 aliphatic heterocycles. The molecule has 0 bridgehead atoms. The van der Waals surface area contributed by atoms with Gasteiger partial charge in [0.15, 0.2) is 0 Å². The predicted octanol–water partition coefficient (Wildman–Crippen LogP) is -0.243. The molecular weight excluding hydrogens is 354 g/mol.